The predicted octanol–water partition coefficient (Wildman–Crippen LogP) is 2.36. The molecule has 0 spiro atoms. The zero-order valence-electron chi connectivity index (χ0n) is 41.4. The van der Waals surface area contributed by atoms with Gasteiger partial charge in [-0.1, -0.05) is 119 Å². The summed E-state index contributed by atoms with van der Waals surface area (Å²) in [6.45, 7) is 8.86. The molecule has 12 N–H and O–H groups in total. The molecule has 70 heavy (non-hydrogen) atoms. The van der Waals surface area contributed by atoms with Crippen molar-refractivity contribution in [1.29, 1.82) is 0 Å². The molecule has 3 heterocycles. The van der Waals surface area contributed by atoms with Gasteiger partial charge in [0.2, 0.25) is 0 Å². The standard InChI is InChI=1S/C52H83NO17/c1-6-7-20-25-66-50(64)45-42(59)31-52(65)30-38(56)27-41(58)40(57)24-23-36(54)26-37(55)28-44(60)67-34(4)33(3)47(61)32(2)21-18-16-14-12-10-8-9-11-13-15-17-19-22-39(29-43(45)70-52)69-51-49(63)46(53)48(62)35(5)68-51/h8-19,21-22,32-43,45-49,51,54-59,61-63,65H,6-7,20,23-31,53H2,1-5H3/b9-8+,12-10+,13-11+,16-14+,17-15+,21-18+,22-19+/t32-,33-,34-,35+,36+,37+,38-,39-,40+,41+,42-,43?,45+,46-,47+,48+,49+,51?,52+/m0/s1. The molecule has 3 aliphatic rings. The van der Waals surface area contributed by atoms with Crippen LogP contribution in [0.5, 0.6) is 0 Å². The minimum Gasteiger partial charge on any atom is -0.465 e. The molecule has 3 rings (SSSR count). The zero-order valence-corrected chi connectivity index (χ0v) is 41.4. The number of ether oxygens (including phenoxy) is 5. The fourth-order valence-corrected chi connectivity index (χ4v) is 8.58. The van der Waals surface area contributed by atoms with Crippen molar-refractivity contribution in [3.05, 3.63) is 85.1 Å². The molecule has 0 aliphatic carbocycles. The minimum atomic E-state index is -2.28. The topological polar surface area (TPSA) is 309 Å². The third-order valence-electron chi connectivity index (χ3n) is 13.0. The summed E-state index contributed by atoms with van der Waals surface area (Å²) in [5.74, 6) is -5.86. The van der Waals surface area contributed by atoms with Gasteiger partial charge in [0.25, 0.3) is 0 Å². The first-order valence-electron chi connectivity index (χ1n) is 24.8. The van der Waals surface area contributed by atoms with Gasteiger partial charge in [-0.05, 0) is 39.5 Å². The molecule has 2 saturated heterocycles. The lowest BCUT2D eigenvalue weighted by Gasteiger charge is -2.45. The van der Waals surface area contributed by atoms with Crippen LogP contribution in [-0.2, 0) is 33.3 Å². The lowest BCUT2D eigenvalue weighted by atomic mass is 9.82. The Morgan fingerprint density at radius 1 is 0.686 bits per heavy atom. The van der Waals surface area contributed by atoms with Gasteiger partial charge in [0.1, 0.15) is 18.1 Å². The van der Waals surface area contributed by atoms with Crippen LogP contribution in [-0.4, -0.2) is 167 Å². The fraction of sp³-hybridized carbons (Fsp3) is 0.692. The summed E-state index contributed by atoms with van der Waals surface area (Å²) in [5, 5.41) is 110. The van der Waals surface area contributed by atoms with E-state index in [1.165, 1.54) is 0 Å². The highest BCUT2D eigenvalue weighted by Crippen LogP contribution is 2.39. The summed E-state index contributed by atoms with van der Waals surface area (Å²) in [4.78, 5) is 26.3. The minimum absolute atomic E-state index is 0.0705. The van der Waals surface area contributed by atoms with Crippen molar-refractivity contribution in [3.8, 4) is 0 Å². The predicted molar refractivity (Wildman–Crippen MR) is 260 cm³/mol. The smallest absolute Gasteiger partial charge is 0.314 e. The summed E-state index contributed by atoms with van der Waals surface area (Å²) in [5.41, 5.74) is 6.10. The first kappa shape index (κ1) is 60.9. The molecule has 2 fully saturated rings. The molecule has 0 aromatic rings. The van der Waals surface area contributed by atoms with Gasteiger partial charge in [0.05, 0.1) is 86.2 Å². The maximum atomic E-state index is 13.6. The van der Waals surface area contributed by atoms with Crippen LogP contribution in [0, 0.1) is 17.8 Å². The van der Waals surface area contributed by atoms with Crippen LogP contribution in [0.2, 0.25) is 0 Å². The molecule has 18 heteroatoms. The third-order valence-corrected chi connectivity index (χ3v) is 13.0. The van der Waals surface area contributed by atoms with E-state index in [0.29, 0.717) is 6.42 Å². The monoisotopic (exact) mass is 994 g/mol. The number of esters is 2. The maximum absolute atomic E-state index is 13.6. The van der Waals surface area contributed by atoms with Crippen LogP contribution in [0.3, 0.4) is 0 Å². The number of unbranched alkanes of at least 4 members (excludes halogenated alkanes) is 2. The van der Waals surface area contributed by atoms with Gasteiger partial charge in [-0.3, -0.25) is 9.59 Å². The Kier molecular flexibility index (Phi) is 27.1. The van der Waals surface area contributed by atoms with Crippen LogP contribution < -0.4 is 5.73 Å². The van der Waals surface area contributed by atoms with Crippen LogP contribution in [0.25, 0.3) is 0 Å². The van der Waals surface area contributed by atoms with Crippen LogP contribution >= 0.6 is 0 Å². The van der Waals surface area contributed by atoms with E-state index in [4.69, 9.17) is 29.4 Å². The van der Waals surface area contributed by atoms with Crippen LogP contribution in [0.4, 0.5) is 0 Å². The second kappa shape index (κ2) is 31.2. The quantitative estimate of drug-likeness (QED) is 0.129. The summed E-state index contributed by atoms with van der Waals surface area (Å²) in [6, 6.07) is -1.13. The zero-order chi connectivity index (χ0) is 52.0. The second-order valence-electron chi connectivity index (χ2n) is 19.1. The Bertz CT molecular complexity index is 1750. The molecule has 2 bridgehead atoms. The van der Waals surface area contributed by atoms with E-state index < -0.39 is 147 Å². The SMILES string of the molecule is CCCCCOC(=O)[C@H]1C2C[C@@H](OC3O[C@H](C)[C@@H](O)[C@H](N)[C@H]3O)/C=C/C=C/C=C/C=C/C=C/C=C/C=C/[C@H](C)[C@@H](O)[C@@H](C)[C@H](C)OC(=O)C[C@H](O)C[C@H](O)CC[C@@H](O)[C@H](O)C[C@H](O)C[C@](O)(C[C@@H]1O)O2. The van der Waals surface area contributed by atoms with Gasteiger partial charge in [0, 0.05) is 37.5 Å². The van der Waals surface area contributed by atoms with E-state index in [1.807, 2.05) is 56.4 Å². The Morgan fingerprint density at radius 2 is 1.29 bits per heavy atom. The molecule has 0 saturated carbocycles. The van der Waals surface area contributed by atoms with E-state index in [0.717, 1.165) is 12.8 Å². The molecule has 19 atom stereocenters. The Labute approximate surface area is 413 Å². The average molecular weight is 994 g/mol. The lowest BCUT2D eigenvalue weighted by molar-refractivity contribution is -0.309. The molecule has 3 aliphatic heterocycles. The molecule has 0 radical (unpaired) electrons. The molecule has 0 amide bonds. The second-order valence-corrected chi connectivity index (χ2v) is 19.1. The van der Waals surface area contributed by atoms with Gasteiger partial charge in [-0.2, -0.15) is 0 Å². The molecule has 0 aromatic heterocycles. The number of carbonyl (C=O) groups excluding carboxylic acids is 2. The van der Waals surface area contributed by atoms with Gasteiger partial charge in [-0.15, -0.1) is 0 Å². The number of carbonyl (C=O) groups is 2. The van der Waals surface area contributed by atoms with E-state index in [9.17, 15) is 60.7 Å². The average Bonchev–Trinajstić information content (AvgIpc) is 3.29. The van der Waals surface area contributed by atoms with Gasteiger partial charge < -0.3 is 80.5 Å². The van der Waals surface area contributed by atoms with Crippen molar-refractivity contribution < 1.29 is 84.3 Å². The molecule has 2 unspecified atom stereocenters. The highest BCUT2D eigenvalue weighted by Gasteiger charge is 2.51. The fourth-order valence-electron chi connectivity index (χ4n) is 8.58. The van der Waals surface area contributed by atoms with E-state index in [1.54, 1.807) is 63.3 Å². The molecule has 398 valence electrons. The third kappa shape index (κ3) is 21.0. The van der Waals surface area contributed by atoms with Crippen molar-refractivity contribution in [2.75, 3.05) is 6.61 Å². The van der Waals surface area contributed by atoms with Crippen LogP contribution in [0.15, 0.2) is 85.1 Å². The summed E-state index contributed by atoms with van der Waals surface area (Å²) in [6.07, 6.45) is 6.88. The van der Waals surface area contributed by atoms with Crippen molar-refractivity contribution in [3.63, 3.8) is 0 Å². The van der Waals surface area contributed by atoms with Crippen molar-refractivity contribution in [2.45, 2.75) is 203 Å². The Balaban J connectivity index is 1.92. The van der Waals surface area contributed by atoms with Crippen molar-refractivity contribution in [2.24, 2.45) is 23.5 Å². The largest absolute Gasteiger partial charge is 0.465 e. The number of aliphatic hydroxyl groups excluding tert-OH is 9. The highest BCUT2D eigenvalue weighted by atomic mass is 16.7. The Hall–Kier alpha value is -3.44. The number of hydrogen-bond donors (Lipinski definition) is 11. The highest BCUT2D eigenvalue weighted by molar-refractivity contribution is 5.74. The molecular formula is C52H83NO17. The van der Waals surface area contributed by atoms with Gasteiger partial charge >= 0.3 is 11.9 Å². The van der Waals surface area contributed by atoms with Crippen LogP contribution in [0.1, 0.15) is 105 Å². The van der Waals surface area contributed by atoms with Crippen molar-refractivity contribution >= 4 is 11.9 Å². The number of aliphatic hydroxyl groups is 10. The van der Waals surface area contributed by atoms with E-state index >= 15 is 0 Å². The molecule has 0 aromatic carbocycles. The van der Waals surface area contributed by atoms with Gasteiger partial charge in [-0.25, -0.2) is 0 Å². The number of fused-ring (bicyclic) bond motifs is 2. The molecule has 18 nitrogen and oxygen atoms in total. The summed E-state index contributed by atoms with van der Waals surface area (Å²) < 4.78 is 29.3. The lowest BCUT2D eigenvalue weighted by Crippen LogP contribution is -2.61. The Morgan fingerprint density at radius 3 is 1.90 bits per heavy atom. The van der Waals surface area contributed by atoms with E-state index in [-0.39, 0.29) is 38.2 Å². The van der Waals surface area contributed by atoms with E-state index in [2.05, 4.69) is 0 Å². The van der Waals surface area contributed by atoms with Gasteiger partial charge in [0.15, 0.2) is 12.1 Å². The first-order valence-corrected chi connectivity index (χ1v) is 24.8. The number of nitrogens with two attached hydrogens (primary N) is 1. The number of cyclic esters (lactones) is 1. The summed E-state index contributed by atoms with van der Waals surface area (Å²) in [7, 11) is 0. The normalized spacial score (nSPS) is 43.1. The number of allylic oxidation sites excluding steroid dienone is 12. The first-order chi connectivity index (χ1) is 33.2. The number of rotatable bonds is 7. The number of hydrogen-bond acceptors (Lipinski definition) is 18. The molecular weight excluding hydrogens is 911 g/mol. The summed E-state index contributed by atoms with van der Waals surface area (Å²) >= 11 is 0. The maximum Gasteiger partial charge on any atom is 0.314 e. The van der Waals surface area contributed by atoms with Crippen molar-refractivity contribution in [1.82, 2.24) is 0 Å².